The van der Waals surface area contributed by atoms with Crippen molar-refractivity contribution in [2.45, 2.75) is 6.42 Å². The minimum Gasteiger partial charge on any atom is -0.407 e. The van der Waals surface area contributed by atoms with Crippen LogP contribution in [0.3, 0.4) is 0 Å². The Labute approximate surface area is 148 Å². The van der Waals surface area contributed by atoms with E-state index in [9.17, 15) is 9.59 Å². The first-order valence-corrected chi connectivity index (χ1v) is 9.05. The van der Waals surface area contributed by atoms with Gasteiger partial charge >= 0.3 is 5.76 Å². The molecular weight excluding hydrogens is 340 g/mol. The van der Waals surface area contributed by atoms with Gasteiger partial charge in [0.2, 0.25) is 0 Å². The normalized spacial score (nSPS) is 15.6. The van der Waals surface area contributed by atoms with Crippen LogP contribution in [-0.4, -0.2) is 46.5 Å². The number of aromatic nitrogens is 2. The molecule has 1 amide bonds. The molecule has 0 N–H and O–H groups in total. The van der Waals surface area contributed by atoms with Crippen LogP contribution in [0.15, 0.2) is 39.0 Å². The molecule has 0 spiro atoms. The summed E-state index contributed by atoms with van der Waals surface area (Å²) < 4.78 is 6.71. The molecule has 25 heavy (non-hydrogen) atoms. The SMILES string of the molecule is Cn1c(=O)oc2c(C(=O)N3CCCN(c4nccs4)CC3)cccc21. The molecule has 1 aromatic carbocycles. The van der Waals surface area contributed by atoms with Gasteiger partial charge in [0, 0.05) is 44.8 Å². The van der Waals surface area contributed by atoms with E-state index >= 15 is 0 Å². The van der Waals surface area contributed by atoms with Gasteiger partial charge in [0.25, 0.3) is 5.91 Å². The van der Waals surface area contributed by atoms with Crippen molar-refractivity contribution in [2.24, 2.45) is 7.05 Å². The van der Waals surface area contributed by atoms with E-state index in [1.165, 1.54) is 4.57 Å². The molecule has 0 radical (unpaired) electrons. The van der Waals surface area contributed by atoms with Crippen molar-refractivity contribution in [3.05, 3.63) is 45.9 Å². The fourth-order valence-corrected chi connectivity index (χ4v) is 3.87. The van der Waals surface area contributed by atoms with E-state index in [2.05, 4.69) is 9.88 Å². The minimum atomic E-state index is -0.457. The molecule has 0 atom stereocenters. The van der Waals surface area contributed by atoms with E-state index in [0.717, 1.165) is 24.6 Å². The number of fused-ring (bicyclic) bond motifs is 1. The van der Waals surface area contributed by atoms with Crippen LogP contribution in [0.4, 0.5) is 5.13 Å². The summed E-state index contributed by atoms with van der Waals surface area (Å²) in [5.74, 6) is -0.554. The molecule has 3 heterocycles. The molecule has 2 aromatic heterocycles. The first-order chi connectivity index (χ1) is 12.1. The number of rotatable bonds is 2. The summed E-state index contributed by atoms with van der Waals surface area (Å²) >= 11 is 1.61. The van der Waals surface area contributed by atoms with E-state index in [1.807, 2.05) is 10.3 Å². The van der Waals surface area contributed by atoms with Gasteiger partial charge in [-0.3, -0.25) is 9.36 Å². The summed E-state index contributed by atoms with van der Waals surface area (Å²) in [5, 5.41) is 2.95. The van der Waals surface area contributed by atoms with Crippen LogP contribution in [0.25, 0.3) is 11.1 Å². The van der Waals surface area contributed by atoms with Gasteiger partial charge in [-0.25, -0.2) is 9.78 Å². The van der Waals surface area contributed by atoms with Crippen molar-refractivity contribution < 1.29 is 9.21 Å². The lowest BCUT2D eigenvalue weighted by Gasteiger charge is -2.21. The molecule has 0 aliphatic carbocycles. The molecule has 1 aliphatic rings. The van der Waals surface area contributed by atoms with Gasteiger partial charge in [-0.2, -0.15) is 0 Å². The highest BCUT2D eigenvalue weighted by Crippen LogP contribution is 2.22. The number of carbonyl (C=O) groups is 1. The molecule has 0 unspecified atom stereocenters. The van der Waals surface area contributed by atoms with Crippen LogP contribution < -0.4 is 10.7 Å². The number of aryl methyl sites for hydroxylation is 1. The van der Waals surface area contributed by atoms with Crippen LogP contribution >= 0.6 is 11.3 Å². The average molecular weight is 358 g/mol. The Hall–Kier alpha value is -2.61. The Bertz CT molecular complexity index is 960. The highest BCUT2D eigenvalue weighted by Gasteiger charge is 2.24. The third kappa shape index (κ3) is 2.82. The molecular formula is C17H18N4O3S. The van der Waals surface area contributed by atoms with Crippen molar-refractivity contribution in [1.82, 2.24) is 14.5 Å². The molecule has 1 saturated heterocycles. The molecule has 7 nitrogen and oxygen atoms in total. The topological polar surface area (TPSA) is 71.6 Å². The highest BCUT2D eigenvalue weighted by atomic mass is 32.1. The lowest BCUT2D eigenvalue weighted by Crippen LogP contribution is -2.35. The summed E-state index contributed by atoms with van der Waals surface area (Å²) in [6.45, 7) is 2.91. The van der Waals surface area contributed by atoms with Crippen molar-refractivity contribution in [2.75, 3.05) is 31.1 Å². The van der Waals surface area contributed by atoms with E-state index in [0.29, 0.717) is 29.8 Å². The van der Waals surface area contributed by atoms with Crippen molar-refractivity contribution in [1.29, 1.82) is 0 Å². The number of nitrogens with zero attached hydrogens (tertiary/aromatic N) is 4. The molecule has 1 fully saturated rings. The highest BCUT2D eigenvalue weighted by molar-refractivity contribution is 7.13. The lowest BCUT2D eigenvalue weighted by atomic mass is 10.1. The maximum absolute atomic E-state index is 13.0. The number of hydrogen-bond donors (Lipinski definition) is 0. The Kier molecular flexibility index (Phi) is 4.04. The number of benzene rings is 1. The Morgan fingerprint density at radius 2 is 2.12 bits per heavy atom. The maximum Gasteiger partial charge on any atom is 0.419 e. The monoisotopic (exact) mass is 358 g/mol. The zero-order valence-corrected chi connectivity index (χ0v) is 14.7. The zero-order chi connectivity index (χ0) is 17.4. The minimum absolute atomic E-state index is 0.0964. The zero-order valence-electron chi connectivity index (χ0n) is 13.8. The summed E-state index contributed by atoms with van der Waals surface area (Å²) in [6, 6.07) is 5.28. The van der Waals surface area contributed by atoms with E-state index in [1.54, 1.807) is 42.8 Å². The molecule has 0 saturated carbocycles. The van der Waals surface area contributed by atoms with Gasteiger partial charge < -0.3 is 14.2 Å². The molecule has 0 bridgehead atoms. The molecule has 1 aliphatic heterocycles. The van der Waals surface area contributed by atoms with E-state index in [4.69, 9.17) is 4.42 Å². The number of para-hydroxylation sites is 1. The molecule has 8 heteroatoms. The van der Waals surface area contributed by atoms with Crippen LogP contribution in [0.5, 0.6) is 0 Å². The number of oxazole rings is 1. The van der Waals surface area contributed by atoms with Gasteiger partial charge in [0.1, 0.15) is 0 Å². The Morgan fingerprint density at radius 3 is 2.92 bits per heavy atom. The molecule has 130 valence electrons. The smallest absolute Gasteiger partial charge is 0.407 e. The van der Waals surface area contributed by atoms with Gasteiger partial charge in [0.05, 0.1) is 11.1 Å². The second-order valence-corrected chi connectivity index (χ2v) is 6.90. The summed E-state index contributed by atoms with van der Waals surface area (Å²) in [4.78, 5) is 33.2. The Morgan fingerprint density at radius 1 is 1.24 bits per heavy atom. The number of anilines is 1. The quantitative estimate of drug-likeness (QED) is 0.700. The maximum atomic E-state index is 13.0. The number of thiazole rings is 1. The molecule has 3 aromatic rings. The van der Waals surface area contributed by atoms with Crippen LogP contribution in [0.2, 0.25) is 0 Å². The summed E-state index contributed by atoms with van der Waals surface area (Å²) in [5.41, 5.74) is 1.44. The van der Waals surface area contributed by atoms with Crippen molar-refractivity contribution in [3.63, 3.8) is 0 Å². The molecule has 4 rings (SSSR count). The van der Waals surface area contributed by atoms with Crippen molar-refractivity contribution >= 4 is 33.5 Å². The first-order valence-electron chi connectivity index (χ1n) is 8.17. The standard InChI is InChI=1S/C17H18N4O3S/c1-19-13-5-2-4-12(14(13)24-17(19)23)15(22)20-7-3-8-21(10-9-20)16-18-6-11-25-16/h2,4-6,11H,3,7-10H2,1H3. The second-order valence-electron chi connectivity index (χ2n) is 6.03. The summed E-state index contributed by atoms with van der Waals surface area (Å²) in [7, 11) is 1.64. The van der Waals surface area contributed by atoms with Crippen LogP contribution in [0, 0.1) is 0 Å². The summed E-state index contributed by atoms with van der Waals surface area (Å²) in [6.07, 6.45) is 2.67. The van der Waals surface area contributed by atoms with Gasteiger partial charge in [-0.1, -0.05) is 6.07 Å². The second kappa shape index (κ2) is 6.36. The first kappa shape index (κ1) is 15.9. The van der Waals surface area contributed by atoms with Crippen LogP contribution in [-0.2, 0) is 7.05 Å². The predicted molar refractivity (Wildman–Crippen MR) is 96.3 cm³/mol. The fraction of sp³-hybridized carbons (Fsp3) is 0.353. The number of amides is 1. The third-order valence-corrected chi connectivity index (χ3v) is 5.35. The van der Waals surface area contributed by atoms with Gasteiger partial charge in [-0.15, -0.1) is 11.3 Å². The van der Waals surface area contributed by atoms with Crippen LogP contribution in [0.1, 0.15) is 16.8 Å². The van der Waals surface area contributed by atoms with E-state index < -0.39 is 5.76 Å². The third-order valence-electron chi connectivity index (χ3n) is 4.52. The number of carbonyl (C=O) groups excluding carboxylic acids is 1. The lowest BCUT2D eigenvalue weighted by molar-refractivity contribution is 0.0768. The van der Waals surface area contributed by atoms with Gasteiger partial charge in [0.15, 0.2) is 10.7 Å². The largest absolute Gasteiger partial charge is 0.419 e. The Balaban J connectivity index is 1.59. The van der Waals surface area contributed by atoms with Gasteiger partial charge in [-0.05, 0) is 18.6 Å². The van der Waals surface area contributed by atoms with E-state index in [-0.39, 0.29) is 5.91 Å². The fourth-order valence-electron chi connectivity index (χ4n) is 3.17. The average Bonchev–Trinajstić information content (AvgIpc) is 3.17. The number of hydrogen-bond acceptors (Lipinski definition) is 6. The predicted octanol–water partition coefficient (Wildman–Crippen LogP) is 1.94. The van der Waals surface area contributed by atoms with Crippen molar-refractivity contribution in [3.8, 4) is 0 Å².